The molecule has 1 aliphatic heterocycles. The second-order valence-corrected chi connectivity index (χ2v) is 6.13. The van der Waals surface area contributed by atoms with Crippen LogP contribution in [-0.4, -0.2) is 28.0 Å². The number of rotatable bonds is 3. The molecule has 0 saturated carbocycles. The van der Waals surface area contributed by atoms with Crippen LogP contribution in [0.15, 0.2) is 47.5 Å². The highest BCUT2D eigenvalue weighted by molar-refractivity contribution is 8.01. The van der Waals surface area contributed by atoms with Gasteiger partial charge in [-0.05, 0) is 24.3 Å². The highest BCUT2D eigenvalue weighted by Gasteiger charge is 2.28. The van der Waals surface area contributed by atoms with Crippen molar-refractivity contribution in [3.05, 3.63) is 48.3 Å². The number of para-hydroxylation sites is 1. The van der Waals surface area contributed by atoms with E-state index in [1.165, 1.54) is 11.8 Å². The SMILES string of the molecule is O=C(C[C@@H]1Sc2ccccc2NC1=O)NNC(=O)c1ccc[nH]1. The van der Waals surface area contributed by atoms with Crippen molar-refractivity contribution in [1.29, 1.82) is 0 Å². The zero-order chi connectivity index (χ0) is 16.2. The van der Waals surface area contributed by atoms with E-state index >= 15 is 0 Å². The highest BCUT2D eigenvalue weighted by atomic mass is 32.2. The van der Waals surface area contributed by atoms with Crippen LogP contribution in [0.25, 0.3) is 0 Å². The lowest BCUT2D eigenvalue weighted by atomic mass is 10.2. The van der Waals surface area contributed by atoms with Crippen molar-refractivity contribution in [3.8, 4) is 0 Å². The van der Waals surface area contributed by atoms with Crippen molar-refractivity contribution in [2.75, 3.05) is 5.32 Å². The lowest BCUT2D eigenvalue weighted by Crippen LogP contribution is -2.44. The minimum Gasteiger partial charge on any atom is -0.357 e. The van der Waals surface area contributed by atoms with Gasteiger partial charge < -0.3 is 10.3 Å². The number of H-pyrrole nitrogens is 1. The van der Waals surface area contributed by atoms with Gasteiger partial charge in [0, 0.05) is 17.5 Å². The van der Waals surface area contributed by atoms with Gasteiger partial charge in [0.05, 0.1) is 10.9 Å². The molecule has 23 heavy (non-hydrogen) atoms. The average Bonchev–Trinajstić information content (AvgIpc) is 3.08. The number of thioether (sulfide) groups is 1. The van der Waals surface area contributed by atoms with E-state index in [0.29, 0.717) is 5.69 Å². The lowest BCUT2D eigenvalue weighted by Gasteiger charge is -2.23. The number of anilines is 1. The molecule has 0 unspecified atom stereocenters. The van der Waals surface area contributed by atoms with Gasteiger partial charge in [-0.2, -0.15) is 0 Å². The Morgan fingerprint density at radius 1 is 1.13 bits per heavy atom. The first-order chi connectivity index (χ1) is 11.1. The summed E-state index contributed by atoms with van der Waals surface area (Å²) in [6, 6.07) is 10.7. The molecule has 0 aliphatic carbocycles. The molecule has 0 fully saturated rings. The first-order valence-electron chi connectivity index (χ1n) is 6.92. The predicted octanol–water partition coefficient (Wildman–Crippen LogP) is 1.28. The molecular formula is C15H14N4O3S. The second kappa shape index (κ2) is 6.57. The predicted molar refractivity (Wildman–Crippen MR) is 85.7 cm³/mol. The van der Waals surface area contributed by atoms with E-state index in [-0.39, 0.29) is 12.3 Å². The van der Waals surface area contributed by atoms with Gasteiger partial charge in [0.15, 0.2) is 0 Å². The van der Waals surface area contributed by atoms with Gasteiger partial charge in [0.25, 0.3) is 5.91 Å². The minimum atomic E-state index is -0.535. The Bertz CT molecular complexity index is 745. The van der Waals surface area contributed by atoms with Crippen molar-refractivity contribution in [2.24, 2.45) is 0 Å². The van der Waals surface area contributed by atoms with Gasteiger partial charge in [0.2, 0.25) is 11.8 Å². The van der Waals surface area contributed by atoms with Gasteiger partial charge in [-0.25, -0.2) is 0 Å². The summed E-state index contributed by atoms with van der Waals surface area (Å²) < 4.78 is 0. The van der Waals surface area contributed by atoms with Gasteiger partial charge >= 0.3 is 0 Å². The molecule has 4 N–H and O–H groups in total. The van der Waals surface area contributed by atoms with E-state index in [4.69, 9.17) is 0 Å². The van der Waals surface area contributed by atoms with Crippen LogP contribution < -0.4 is 16.2 Å². The van der Waals surface area contributed by atoms with Crippen molar-refractivity contribution < 1.29 is 14.4 Å². The Kier molecular flexibility index (Phi) is 4.33. The molecule has 1 aromatic carbocycles. The number of aromatic nitrogens is 1. The maximum atomic E-state index is 12.0. The van der Waals surface area contributed by atoms with E-state index in [0.717, 1.165) is 10.6 Å². The molecule has 1 aliphatic rings. The van der Waals surface area contributed by atoms with E-state index in [9.17, 15) is 14.4 Å². The average molecular weight is 330 g/mol. The van der Waals surface area contributed by atoms with Crippen molar-refractivity contribution >= 4 is 35.2 Å². The van der Waals surface area contributed by atoms with Gasteiger partial charge in [0.1, 0.15) is 5.69 Å². The summed E-state index contributed by atoms with van der Waals surface area (Å²) in [7, 11) is 0. The third kappa shape index (κ3) is 3.54. The van der Waals surface area contributed by atoms with E-state index in [1.807, 2.05) is 24.3 Å². The maximum absolute atomic E-state index is 12.0. The zero-order valence-electron chi connectivity index (χ0n) is 12.0. The van der Waals surface area contributed by atoms with E-state index in [2.05, 4.69) is 21.2 Å². The topological polar surface area (TPSA) is 103 Å². The number of carbonyl (C=O) groups excluding carboxylic acids is 3. The van der Waals surface area contributed by atoms with Crippen molar-refractivity contribution in [2.45, 2.75) is 16.6 Å². The molecular weight excluding hydrogens is 316 g/mol. The van der Waals surface area contributed by atoms with Crippen molar-refractivity contribution in [3.63, 3.8) is 0 Å². The van der Waals surface area contributed by atoms with Crippen LogP contribution in [0.5, 0.6) is 0 Å². The zero-order valence-corrected chi connectivity index (χ0v) is 12.8. The van der Waals surface area contributed by atoms with E-state index < -0.39 is 17.1 Å². The number of aromatic amines is 1. The summed E-state index contributed by atoms with van der Waals surface area (Å²) in [6.45, 7) is 0. The standard InChI is InChI=1S/C15H14N4O3S/c20-13(18-19-14(21)10-5-3-7-16-10)8-12-15(22)17-9-4-1-2-6-11(9)23-12/h1-7,12,16H,8H2,(H,17,22)(H,18,20)(H,19,21)/t12-/m0/s1. The number of hydrazine groups is 1. The van der Waals surface area contributed by atoms with Crippen LogP contribution >= 0.6 is 11.8 Å². The number of benzene rings is 1. The number of hydrogen-bond donors (Lipinski definition) is 4. The van der Waals surface area contributed by atoms with E-state index in [1.54, 1.807) is 18.3 Å². The number of carbonyl (C=O) groups is 3. The normalized spacial score (nSPS) is 16.2. The molecule has 118 valence electrons. The third-order valence-corrected chi connectivity index (χ3v) is 4.51. The van der Waals surface area contributed by atoms with Crippen LogP contribution in [0, 0.1) is 0 Å². The fourth-order valence-electron chi connectivity index (χ4n) is 2.11. The molecule has 0 saturated heterocycles. The molecule has 2 heterocycles. The summed E-state index contributed by atoms with van der Waals surface area (Å²) in [4.78, 5) is 39.3. The number of amides is 3. The van der Waals surface area contributed by atoms with Crippen LogP contribution in [0.2, 0.25) is 0 Å². The number of nitrogens with one attached hydrogen (secondary N) is 4. The summed E-state index contributed by atoms with van der Waals surface area (Å²) in [5, 5.41) is 2.24. The molecule has 7 nitrogen and oxygen atoms in total. The molecule has 0 radical (unpaired) electrons. The Hall–Kier alpha value is -2.74. The van der Waals surface area contributed by atoms with Gasteiger partial charge in [-0.3, -0.25) is 25.2 Å². The number of hydrogen-bond acceptors (Lipinski definition) is 4. The van der Waals surface area contributed by atoms with Crippen LogP contribution in [0.3, 0.4) is 0 Å². The quantitative estimate of drug-likeness (QED) is 0.637. The molecule has 0 bridgehead atoms. The molecule has 0 spiro atoms. The molecule has 3 amide bonds. The van der Waals surface area contributed by atoms with Gasteiger partial charge in [-0.15, -0.1) is 11.8 Å². The first-order valence-corrected chi connectivity index (χ1v) is 7.80. The lowest BCUT2D eigenvalue weighted by molar-refractivity contribution is -0.124. The van der Waals surface area contributed by atoms with Crippen LogP contribution in [0.1, 0.15) is 16.9 Å². The summed E-state index contributed by atoms with van der Waals surface area (Å²) >= 11 is 1.33. The minimum absolute atomic E-state index is 0.0319. The Balaban J connectivity index is 1.54. The largest absolute Gasteiger partial charge is 0.357 e. The third-order valence-electron chi connectivity index (χ3n) is 3.24. The Morgan fingerprint density at radius 3 is 2.74 bits per heavy atom. The Morgan fingerprint density at radius 2 is 1.96 bits per heavy atom. The molecule has 8 heteroatoms. The maximum Gasteiger partial charge on any atom is 0.286 e. The number of fused-ring (bicyclic) bond motifs is 1. The summed E-state index contributed by atoms with van der Waals surface area (Å²) in [5.41, 5.74) is 5.69. The Labute approximate surface area is 136 Å². The van der Waals surface area contributed by atoms with Gasteiger partial charge in [-0.1, -0.05) is 12.1 Å². The van der Waals surface area contributed by atoms with Crippen LogP contribution in [-0.2, 0) is 9.59 Å². The molecule has 1 atom stereocenters. The fraction of sp³-hybridized carbons (Fsp3) is 0.133. The van der Waals surface area contributed by atoms with Crippen molar-refractivity contribution in [1.82, 2.24) is 15.8 Å². The molecule has 2 aromatic rings. The molecule has 1 aromatic heterocycles. The smallest absolute Gasteiger partial charge is 0.286 e. The molecule has 3 rings (SSSR count). The highest BCUT2D eigenvalue weighted by Crippen LogP contribution is 2.36. The summed E-state index contributed by atoms with van der Waals surface area (Å²) in [5.74, 6) is -1.11. The fourth-order valence-corrected chi connectivity index (χ4v) is 3.22. The van der Waals surface area contributed by atoms with Crippen LogP contribution in [0.4, 0.5) is 5.69 Å². The monoisotopic (exact) mass is 330 g/mol. The second-order valence-electron chi connectivity index (χ2n) is 4.88. The first kappa shape index (κ1) is 15.2. The summed E-state index contributed by atoms with van der Waals surface area (Å²) in [6.07, 6.45) is 1.58.